The molecule has 3 heterocycles. The van der Waals surface area contributed by atoms with E-state index < -0.39 is 0 Å². The largest absolute Gasteiger partial charge is 0.369 e. The molecule has 1 aliphatic rings. The third kappa shape index (κ3) is 5.01. The van der Waals surface area contributed by atoms with Crippen molar-refractivity contribution >= 4 is 5.82 Å². The Labute approximate surface area is 150 Å². The normalized spacial score (nSPS) is 21.4. The number of rotatable bonds is 7. The Balaban J connectivity index is 1.45. The van der Waals surface area contributed by atoms with Crippen LogP contribution < -0.4 is 5.32 Å². The van der Waals surface area contributed by atoms with Crippen LogP contribution in [0, 0.1) is 18.8 Å². The highest BCUT2D eigenvalue weighted by molar-refractivity contribution is 5.68. The Morgan fingerprint density at radius 1 is 1.24 bits per heavy atom. The fourth-order valence-corrected chi connectivity index (χ4v) is 3.77. The molecule has 0 amide bonds. The first kappa shape index (κ1) is 17.9. The van der Waals surface area contributed by atoms with Gasteiger partial charge in [0.2, 0.25) is 0 Å². The SMILES string of the molecule is Cc1noc(-c2cccnc2NCCCCN2CC(C)CC(C)C2)n1. The molecular weight excluding hydrogens is 314 g/mol. The van der Waals surface area contributed by atoms with E-state index in [1.807, 2.05) is 19.1 Å². The first-order valence-electron chi connectivity index (χ1n) is 9.33. The fourth-order valence-electron chi connectivity index (χ4n) is 3.77. The summed E-state index contributed by atoms with van der Waals surface area (Å²) >= 11 is 0. The van der Waals surface area contributed by atoms with Crippen molar-refractivity contribution in [3.63, 3.8) is 0 Å². The van der Waals surface area contributed by atoms with Gasteiger partial charge in [0.1, 0.15) is 5.82 Å². The number of anilines is 1. The number of piperidine rings is 1. The molecule has 6 nitrogen and oxygen atoms in total. The summed E-state index contributed by atoms with van der Waals surface area (Å²) in [6.07, 6.45) is 5.48. The molecule has 1 saturated heterocycles. The van der Waals surface area contributed by atoms with Crippen LogP contribution in [-0.2, 0) is 0 Å². The van der Waals surface area contributed by atoms with E-state index >= 15 is 0 Å². The molecule has 2 atom stereocenters. The highest BCUT2D eigenvalue weighted by Crippen LogP contribution is 2.24. The van der Waals surface area contributed by atoms with Crippen molar-refractivity contribution in [3.8, 4) is 11.5 Å². The van der Waals surface area contributed by atoms with Crippen LogP contribution in [0.1, 0.15) is 38.9 Å². The van der Waals surface area contributed by atoms with Crippen molar-refractivity contribution in [2.45, 2.75) is 40.0 Å². The second kappa shape index (κ2) is 8.43. The standard InChI is InChI=1S/C19H29N5O/c1-14-11-15(2)13-24(12-14)10-5-4-8-20-18-17(7-6-9-21-18)19-22-16(3)23-25-19/h6-7,9,14-15H,4-5,8,10-13H2,1-3H3,(H,20,21). The molecule has 0 aliphatic carbocycles. The molecule has 1 aliphatic heterocycles. The number of nitrogens with one attached hydrogen (secondary N) is 1. The van der Waals surface area contributed by atoms with Gasteiger partial charge in [-0.1, -0.05) is 19.0 Å². The van der Waals surface area contributed by atoms with Gasteiger partial charge in [0, 0.05) is 25.8 Å². The average Bonchev–Trinajstić information content (AvgIpc) is 3.00. The molecule has 2 unspecified atom stereocenters. The Hall–Kier alpha value is -1.95. The van der Waals surface area contributed by atoms with Gasteiger partial charge in [-0.15, -0.1) is 0 Å². The van der Waals surface area contributed by atoms with Gasteiger partial charge in [-0.2, -0.15) is 4.98 Å². The van der Waals surface area contributed by atoms with Gasteiger partial charge < -0.3 is 14.7 Å². The summed E-state index contributed by atoms with van der Waals surface area (Å²) in [5, 5.41) is 7.28. The molecule has 0 bridgehead atoms. The fraction of sp³-hybridized carbons (Fsp3) is 0.632. The van der Waals surface area contributed by atoms with Crippen LogP contribution in [0.25, 0.3) is 11.5 Å². The number of unbranched alkanes of at least 4 members (excludes halogenated alkanes) is 1. The van der Waals surface area contributed by atoms with E-state index in [-0.39, 0.29) is 0 Å². The van der Waals surface area contributed by atoms with Crippen molar-refractivity contribution in [2.75, 3.05) is 31.5 Å². The summed E-state index contributed by atoms with van der Waals surface area (Å²) in [6.45, 7) is 11.1. The zero-order chi connectivity index (χ0) is 17.6. The number of aromatic nitrogens is 3. The van der Waals surface area contributed by atoms with E-state index in [1.165, 1.54) is 32.5 Å². The summed E-state index contributed by atoms with van der Waals surface area (Å²) in [5.74, 6) is 3.62. The molecule has 2 aromatic rings. The lowest BCUT2D eigenvalue weighted by molar-refractivity contribution is 0.139. The molecule has 0 spiro atoms. The van der Waals surface area contributed by atoms with Crippen molar-refractivity contribution in [1.82, 2.24) is 20.0 Å². The minimum atomic E-state index is 0.518. The zero-order valence-electron chi connectivity index (χ0n) is 15.5. The first-order valence-corrected chi connectivity index (χ1v) is 9.33. The summed E-state index contributed by atoms with van der Waals surface area (Å²) in [4.78, 5) is 11.3. The molecule has 0 aromatic carbocycles. The lowest BCUT2D eigenvalue weighted by Crippen LogP contribution is -2.39. The van der Waals surface area contributed by atoms with E-state index in [2.05, 4.69) is 39.2 Å². The number of nitrogens with zero attached hydrogens (tertiary/aromatic N) is 4. The summed E-state index contributed by atoms with van der Waals surface area (Å²) < 4.78 is 5.27. The number of hydrogen-bond donors (Lipinski definition) is 1. The number of aryl methyl sites for hydroxylation is 1. The molecule has 6 heteroatoms. The van der Waals surface area contributed by atoms with E-state index in [9.17, 15) is 0 Å². The van der Waals surface area contributed by atoms with Gasteiger partial charge in [0.15, 0.2) is 5.82 Å². The molecule has 2 aromatic heterocycles. The zero-order valence-corrected chi connectivity index (χ0v) is 15.5. The van der Waals surface area contributed by atoms with Gasteiger partial charge in [-0.05, 0) is 56.7 Å². The lowest BCUT2D eigenvalue weighted by Gasteiger charge is -2.34. The van der Waals surface area contributed by atoms with Crippen molar-refractivity contribution in [2.24, 2.45) is 11.8 Å². The molecule has 0 radical (unpaired) electrons. The summed E-state index contributed by atoms with van der Waals surface area (Å²) in [7, 11) is 0. The van der Waals surface area contributed by atoms with Gasteiger partial charge in [-0.25, -0.2) is 4.98 Å². The van der Waals surface area contributed by atoms with E-state index in [0.29, 0.717) is 11.7 Å². The third-order valence-electron chi connectivity index (χ3n) is 4.70. The monoisotopic (exact) mass is 343 g/mol. The van der Waals surface area contributed by atoms with E-state index in [0.717, 1.165) is 36.2 Å². The van der Waals surface area contributed by atoms with Crippen molar-refractivity contribution in [3.05, 3.63) is 24.2 Å². The minimum absolute atomic E-state index is 0.518. The smallest absolute Gasteiger partial charge is 0.261 e. The topological polar surface area (TPSA) is 67.1 Å². The molecule has 1 fully saturated rings. The molecule has 136 valence electrons. The average molecular weight is 343 g/mol. The second-order valence-electron chi connectivity index (χ2n) is 7.39. The molecule has 25 heavy (non-hydrogen) atoms. The molecule has 0 saturated carbocycles. The third-order valence-corrected chi connectivity index (χ3v) is 4.70. The van der Waals surface area contributed by atoms with Crippen molar-refractivity contribution < 1.29 is 4.52 Å². The maximum atomic E-state index is 5.27. The van der Waals surface area contributed by atoms with Gasteiger partial charge in [0.05, 0.1) is 5.56 Å². The van der Waals surface area contributed by atoms with Crippen LogP contribution in [0.4, 0.5) is 5.82 Å². The van der Waals surface area contributed by atoms with Crippen molar-refractivity contribution in [1.29, 1.82) is 0 Å². The summed E-state index contributed by atoms with van der Waals surface area (Å²) in [6, 6.07) is 3.84. The highest BCUT2D eigenvalue weighted by atomic mass is 16.5. The molecule has 1 N–H and O–H groups in total. The maximum absolute atomic E-state index is 5.27. The predicted molar refractivity (Wildman–Crippen MR) is 99.4 cm³/mol. The Morgan fingerprint density at radius 2 is 2.04 bits per heavy atom. The highest BCUT2D eigenvalue weighted by Gasteiger charge is 2.21. The minimum Gasteiger partial charge on any atom is -0.369 e. The maximum Gasteiger partial charge on any atom is 0.261 e. The van der Waals surface area contributed by atoms with Gasteiger partial charge >= 0.3 is 0 Å². The van der Waals surface area contributed by atoms with Crippen LogP contribution in [0.5, 0.6) is 0 Å². The Kier molecular flexibility index (Phi) is 6.02. The van der Waals surface area contributed by atoms with Crippen LogP contribution in [0.2, 0.25) is 0 Å². The summed E-state index contributed by atoms with van der Waals surface area (Å²) in [5.41, 5.74) is 0.863. The van der Waals surface area contributed by atoms with Crippen LogP contribution in [0.15, 0.2) is 22.9 Å². The number of hydrogen-bond acceptors (Lipinski definition) is 6. The van der Waals surface area contributed by atoms with E-state index in [1.54, 1.807) is 6.20 Å². The quantitative estimate of drug-likeness (QED) is 0.775. The second-order valence-corrected chi connectivity index (χ2v) is 7.39. The van der Waals surface area contributed by atoms with Gasteiger partial charge in [0.25, 0.3) is 5.89 Å². The Morgan fingerprint density at radius 3 is 2.76 bits per heavy atom. The van der Waals surface area contributed by atoms with Crippen LogP contribution >= 0.6 is 0 Å². The number of likely N-dealkylation sites (tertiary alicyclic amines) is 1. The van der Waals surface area contributed by atoms with Crippen LogP contribution in [-0.4, -0.2) is 46.2 Å². The van der Waals surface area contributed by atoms with Gasteiger partial charge in [-0.3, -0.25) is 0 Å². The number of pyridine rings is 1. The predicted octanol–water partition coefficient (Wildman–Crippen LogP) is 3.61. The van der Waals surface area contributed by atoms with E-state index in [4.69, 9.17) is 4.52 Å². The Bertz CT molecular complexity index is 661. The first-order chi connectivity index (χ1) is 12.1. The molecule has 3 rings (SSSR count). The van der Waals surface area contributed by atoms with Crippen LogP contribution in [0.3, 0.4) is 0 Å². The molecular formula is C19H29N5O. The lowest BCUT2D eigenvalue weighted by atomic mass is 9.92.